The van der Waals surface area contributed by atoms with Crippen molar-refractivity contribution in [2.24, 2.45) is 5.92 Å². The van der Waals surface area contributed by atoms with Crippen molar-refractivity contribution in [1.82, 2.24) is 0 Å². The summed E-state index contributed by atoms with van der Waals surface area (Å²) in [5.41, 5.74) is 0. The highest BCUT2D eigenvalue weighted by Crippen LogP contribution is 2.24. The first-order valence-electron chi connectivity index (χ1n) is 3.43. The second-order valence-corrected chi connectivity index (χ2v) is 3.68. The van der Waals surface area contributed by atoms with Gasteiger partial charge in [-0.25, -0.2) is 0 Å². The summed E-state index contributed by atoms with van der Waals surface area (Å²) in [4.78, 5) is 1.06. The van der Waals surface area contributed by atoms with Crippen molar-refractivity contribution in [3.8, 4) is 0 Å². The van der Waals surface area contributed by atoms with Gasteiger partial charge in [-0.05, 0) is 17.4 Å². The summed E-state index contributed by atoms with van der Waals surface area (Å²) in [6.07, 6.45) is -0.278. The minimum absolute atomic E-state index is 0.278. The number of hydrogen-bond donors (Lipinski definition) is 1. The molecule has 2 heteroatoms. The summed E-state index contributed by atoms with van der Waals surface area (Å²) in [5, 5.41) is 11.5. The molecule has 0 spiro atoms. The minimum Gasteiger partial charge on any atom is -0.387 e. The van der Waals surface area contributed by atoms with E-state index in [1.165, 1.54) is 0 Å². The van der Waals surface area contributed by atoms with Gasteiger partial charge in [-0.15, -0.1) is 11.3 Å². The van der Waals surface area contributed by atoms with Gasteiger partial charge in [0.05, 0.1) is 6.10 Å². The largest absolute Gasteiger partial charge is 0.387 e. The number of hydrogen-bond acceptors (Lipinski definition) is 2. The van der Waals surface area contributed by atoms with E-state index < -0.39 is 0 Å². The first-order chi connectivity index (χ1) is 4.72. The summed E-state index contributed by atoms with van der Waals surface area (Å²) < 4.78 is 0. The molecule has 1 N–H and O–H groups in total. The molecule has 1 aromatic heterocycles. The Morgan fingerprint density at radius 1 is 1.50 bits per heavy atom. The van der Waals surface area contributed by atoms with E-state index in [2.05, 4.69) is 0 Å². The lowest BCUT2D eigenvalue weighted by molar-refractivity contribution is 0.130. The number of thiophene rings is 1. The fourth-order valence-corrected chi connectivity index (χ4v) is 1.67. The molecule has 0 saturated heterocycles. The monoisotopic (exact) mass is 156 g/mol. The Morgan fingerprint density at radius 2 is 2.20 bits per heavy atom. The van der Waals surface area contributed by atoms with Crippen LogP contribution in [0.4, 0.5) is 0 Å². The smallest absolute Gasteiger partial charge is 0.0904 e. The van der Waals surface area contributed by atoms with Crippen LogP contribution >= 0.6 is 11.3 Å². The van der Waals surface area contributed by atoms with Crippen molar-refractivity contribution < 1.29 is 5.11 Å². The Morgan fingerprint density at radius 3 is 2.60 bits per heavy atom. The maximum atomic E-state index is 9.50. The zero-order valence-electron chi connectivity index (χ0n) is 6.24. The quantitative estimate of drug-likeness (QED) is 0.697. The second-order valence-electron chi connectivity index (χ2n) is 2.70. The average molecular weight is 156 g/mol. The van der Waals surface area contributed by atoms with Gasteiger partial charge in [0.2, 0.25) is 0 Å². The molecule has 0 aromatic carbocycles. The van der Waals surface area contributed by atoms with Crippen LogP contribution in [0.2, 0.25) is 0 Å². The number of rotatable bonds is 2. The molecule has 0 aliphatic rings. The standard InChI is InChI=1S/C8H12OS/c1-6(2)8(9)7-4-3-5-10-7/h3-6,8-9H,1-2H3/t8-/m0/s1. The van der Waals surface area contributed by atoms with Crippen LogP contribution in [0.3, 0.4) is 0 Å². The van der Waals surface area contributed by atoms with Crippen molar-refractivity contribution in [1.29, 1.82) is 0 Å². The molecular formula is C8H12OS. The van der Waals surface area contributed by atoms with Gasteiger partial charge in [0.1, 0.15) is 0 Å². The molecule has 1 rings (SSSR count). The molecule has 1 atom stereocenters. The van der Waals surface area contributed by atoms with Crippen LogP contribution in [0.1, 0.15) is 24.8 Å². The summed E-state index contributed by atoms with van der Waals surface area (Å²) in [5.74, 6) is 0.318. The minimum atomic E-state index is -0.278. The van der Waals surface area contributed by atoms with Gasteiger partial charge in [-0.2, -0.15) is 0 Å². The summed E-state index contributed by atoms with van der Waals surface area (Å²) >= 11 is 1.61. The summed E-state index contributed by atoms with van der Waals surface area (Å²) in [7, 11) is 0. The predicted molar refractivity (Wildman–Crippen MR) is 44.1 cm³/mol. The maximum absolute atomic E-state index is 9.50. The highest BCUT2D eigenvalue weighted by atomic mass is 32.1. The topological polar surface area (TPSA) is 20.2 Å². The first kappa shape index (κ1) is 7.76. The highest BCUT2D eigenvalue weighted by Gasteiger charge is 2.11. The van der Waals surface area contributed by atoms with Gasteiger partial charge in [-0.3, -0.25) is 0 Å². The van der Waals surface area contributed by atoms with Gasteiger partial charge in [0.15, 0.2) is 0 Å². The van der Waals surface area contributed by atoms with Crippen molar-refractivity contribution in [2.45, 2.75) is 20.0 Å². The average Bonchev–Trinajstić information content (AvgIpc) is 2.36. The Kier molecular flexibility index (Phi) is 2.46. The maximum Gasteiger partial charge on any atom is 0.0904 e. The van der Waals surface area contributed by atoms with E-state index in [4.69, 9.17) is 0 Å². The third-order valence-corrected chi connectivity index (χ3v) is 2.41. The molecule has 0 aliphatic carbocycles. The summed E-state index contributed by atoms with van der Waals surface area (Å²) in [6, 6.07) is 3.93. The lowest BCUT2D eigenvalue weighted by Crippen LogP contribution is -2.02. The van der Waals surface area contributed by atoms with Crippen LogP contribution in [0.25, 0.3) is 0 Å². The molecule has 1 heterocycles. The molecule has 0 saturated carbocycles. The van der Waals surface area contributed by atoms with E-state index >= 15 is 0 Å². The lowest BCUT2D eigenvalue weighted by atomic mass is 10.1. The van der Waals surface area contributed by atoms with Crippen LogP contribution in [0.15, 0.2) is 17.5 Å². The summed E-state index contributed by atoms with van der Waals surface area (Å²) in [6.45, 7) is 4.04. The van der Waals surface area contributed by atoms with E-state index in [-0.39, 0.29) is 6.10 Å². The fourth-order valence-electron chi connectivity index (χ4n) is 0.788. The Labute approximate surface area is 65.3 Å². The van der Waals surface area contributed by atoms with E-state index in [1.807, 2.05) is 31.4 Å². The van der Waals surface area contributed by atoms with E-state index in [1.54, 1.807) is 11.3 Å². The normalized spacial score (nSPS) is 14.0. The zero-order valence-corrected chi connectivity index (χ0v) is 7.06. The van der Waals surface area contributed by atoms with Crippen molar-refractivity contribution in [3.05, 3.63) is 22.4 Å². The van der Waals surface area contributed by atoms with Crippen LogP contribution < -0.4 is 0 Å². The molecule has 0 radical (unpaired) electrons. The van der Waals surface area contributed by atoms with Crippen molar-refractivity contribution in [3.63, 3.8) is 0 Å². The van der Waals surface area contributed by atoms with Gasteiger partial charge in [-0.1, -0.05) is 19.9 Å². The molecule has 0 amide bonds. The van der Waals surface area contributed by atoms with Crippen molar-refractivity contribution >= 4 is 11.3 Å². The molecule has 10 heavy (non-hydrogen) atoms. The van der Waals surface area contributed by atoms with E-state index in [0.717, 1.165) is 4.88 Å². The molecule has 0 bridgehead atoms. The van der Waals surface area contributed by atoms with Gasteiger partial charge < -0.3 is 5.11 Å². The van der Waals surface area contributed by atoms with Crippen LogP contribution in [0, 0.1) is 5.92 Å². The lowest BCUT2D eigenvalue weighted by Gasteiger charge is -2.11. The third kappa shape index (κ3) is 1.58. The van der Waals surface area contributed by atoms with Gasteiger partial charge in [0.25, 0.3) is 0 Å². The molecule has 1 aromatic rings. The van der Waals surface area contributed by atoms with Gasteiger partial charge >= 0.3 is 0 Å². The molecule has 0 fully saturated rings. The molecular weight excluding hydrogens is 144 g/mol. The molecule has 0 aliphatic heterocycles. The van der Waals surface area contributed by atoms with E-state index in [9.17, 15) is 5.11 Å². The fraction of sp³-hybridized carbons (Fsp3) is 0.500. The third-order valence-electron chi connectivity index (χ3n) is 1.47. The number of aliphatic hydroxyl groups is 1. The van der Waals surface area contributed by atoms with Crippen molar-refractivity contribution in [2.75, 3.05) is 0 Å². The molecule has 56 valence electrons. The predicted octanol–water partition coefficient (Wildman–Crippen LogP) is 2.44. The number of aliphatic hydroxyl groups excluding tert-OH is 1. The van der Waals surface area contributed by atoms with Crippen LogP contribution in [-0.4, -0.2) is 5.11 Å². The SMILES string of the molecule is CC(C)[C@H](O)c1cccs1. The van der Waals surface area contributed by atoms with Crippen LogP contribution in [0.5, 0.6) is 0 Å². The van der Waals surface area contributed by atoms with Crippen LogP contribution in [-0.2, 0) is 0 Å². The Bertz CT molecular complexity index is 179. The molecule has 0 unspecified atom stereocenters. The first-order valence-corrected chi connectivity index (χ1v) is 4.31. The molecule has 1 nitrogen and oxygen atoms in total. The highest BCUT2D eigenvalue weighted by molar-refractivity contribution is 7.10. The van der Waals surface area contributed by atoms with Gasteiger partial charge in [0, 0.05) is 4.88 Å². The Balaban J connectivity index is 2.68. The Hall–Kier alpha value is -0.340. The second kappa shape index (κ2) is 3.17. The zero-order chi connectivity index (χ0) is 7.56. The van der Waals surface area contributed by atoms with E-state index in [0.29, 0.717) is 5.92 Å².